The molecule has 0 aromatic carbocycles. The lowest BCUT2D eigenvalue weighted by molar-refractivity contribution is -0.0589. The van der Waals surface area contributed by atoms with E-state index >= 15 is 0 Å². The molecule has 1 aromatic heterocycles. The Balaban J connectivity index is 1.84. The minimum atomic E-state index is -3.07. The molecule has 39 heavy (non-hydrogen) atoms. The van der Waals surface area contributed by atoms with Crippen LogP contribution in [0.4, 0.5) is 18.7 Å². The Bertz CT molecular complexity index is 1100. The van der Waals surface area contributed by atoms with Crippen molar-refractivity contribution in [3.05, 3.63) is 22.6 Å². The molecule has 1 saturated carbocycles. The summed E-state index contributed by atoms with van der Waals surface area (Å²) in [6.07, 6.45) is 4.38. The van der Waals surface area contributed by atoms with Gasteiger partial charge in [0.1, 0.15) is 17.2 Å². The number of anilines is 1. The number of thiazole rings is 1. The molecule has 2 fully saturated rings. The predicted molar refractivity (Wildman–Crippen MR) is 143 cm³/mol. The summed E-state index contributed by atoms with van der Waals surface area (Å²) < 4.78 is 39.1. The Morgan fingerprint density at radius 1 is 1.31 bits per heavy atom. The van der Waals surface area contributed by atoms with Gasteiger partial charge in [-0.2, -0.15) is 0 Å². The Kier molecular flexibility index (Phi) is 10.1. The molecule has 2 aliphatic rings. The van der Waals surface area contributed by atoms with Crippen LogP contribution in [-0.2, 0) is 19.1 Å². The van der Waals surface area contributed by atoms with E-state index in [9.17, 15) is 23.2 Å². The molecule has 3 rings (SSSR count). The number of alkyl carbamates (subject to hydrolysis) is 1. The van der Waals surface area contributed by atoms with E-state index in [4.69, 9.17) is 9.47 Å². The molecule has 1 unspecified atom stereocenters. The summed E-state index contributed by atoms with van der Waals surface area (Å²) in [4.78, 5) is 42.4. The Hall–Kier alpha value is -2.98. The Labute approximate surface area is 231 Å². The fourth-order valence-electron chi connectivity index (χ4n) is 4.80. The maximum Gasteiger partial charge on any atom is 0.408 e. The molecular formula is C26H37F2N5O5S. The number of nitrogens with one attached hydrogen (secondary N) is 3. The van der Waals surface area contributed by atoms with Crippen LogP contribution in [0.3, 0.4) is 0 Å². The van der Waals surface area contributed by atoms with Crippen LogP contribution in [0.2, 0.25) is 0 Å². The monoisotopic (exact) mass is 569 g/mol. The molecule has 10 nitrogen and oxygen atoms in total. The minimum absolute atomic E-state index is 0.00400. The zero-order valence-corrected chi connectivity index (χ0v) is 23.8. The zero-order chi connectivity index (χ0) is 28.8. The van der Waals surface area contributed by atoms with Crippen LogP contribution in [0, 0.1) is 11.8 Å². The molecular weight excluding hydrogens is 532 g/mol. The SMILES string of the molecule is COCC(c1cnc(NC(=C=O)[C@@H](NC(=O)OC(C)(C)C)[C@H]2CC[C@H](C)CC2)s1)N1CC(F)(F)CNC1=C=O. The predicted octanol–water partition coefficient (Wildman–Crippen LogP) is 3.89. The van der Waals surface area contributed by atoms with Gasteiger partial charge in [0, 0.05) is 13.3 Å². The summed E-state index contributed by atoms with van der Waals surface area (Å²) in [7, 11) is 1.43. The Morgan fingerprint density at radius 2 is 2.00 bits per heavy atom. The molecule has 1 aliphatic carbocycles. The normalized spacial score (nSPS) is 22.5. The number of ether oxygens (including phenoxy) is 2. The van der Waals surface area contributed by atoms with E-state index in [-0.39, 0.29) is 24.0 Å². The fourth-order valence-corrected chi connectivity index (χ4v) is 5.73. The maximum atomic E-state index is 14.2. The van der Waals surface area contributed by atoms with Crippen LogP contribution < -0.4 is 16.0 Å². The molecule has 1 aromatic rings. The second-order valence-electron chi connectivity index (χ2n) is 11.1. The van der Waals surface area contributed by atoms with E-state index in [0.29, 0.717) is 15.9 Å². The quantitative estimate of drug-likeness (QED) is 0.380. The van der Waals surface area contributed by atoms with Gasteiger partial charge >= 0.3 is 6.09 Å². The first-order valence-electron chi connectivity index (χ1n) is 13.0. The van der Waals surface area contributed by atoms with E-state index in [1.165, 1.54) is 18.2 Å². The molecule has 3 N–H and O–H groups in total. The standard InChI is InChI=1S/C26H37F2N5O5S/c1-16-6-8-17(9-7-16)22(32-24(36)38-25(2,3)4)18(11-34)31-23-29-10-20(39-23)19(13-37-5)33-15-26(27,28)14-30-21(33)12-35/h10,16-17,19,22,30H,6-9,13-15H2,1-5H3,(H,29,31)(H,32,36)/t16-,17-,19?,22-/m0/s1. The van der Waals surface area contributed by atoms with Crippen molar-refractivity contribution in [2.45, 2.75) is 77.0 Å². The molecule has 1 saturated heterocycles. The van der Waals surface area contributed by atoms with Crippen LogP contribution in [0.5, 0.6) is 0 Å². The van der Waals surface area contributed by atoms with Crippen molar-refractivity contribution in [1.82, 2.24) is 20.5 Å². The number of aromatic nitrogens is 1. The van der Waals surface area contributed by atoms with Crippen molar-refractivity contribution in [2.24, 2.45) is 11.8 Å². The molecule has 2 atom stereocenters. The number of hydrogen-bond donors (Lipinski definition) is 3. The largest absolute Gasteiger partial charge is 0.444 e. The molecule has 0 spiro atoms. The van der Waals surface area contributed by atoms with E-state index < -0.39 is 42.8 Å². The van der Waals surface area contributed by atoms with Gasteiger partial charge in [-0.15, -0.1) is 0 Å². The third kappa shape index (κ3) is 8.50. The van der Waals surface area contributed by atoms with Crippen molar-refractivity contribution < 1.29 is 32.6 Å². The van der Waals surface area contributed by atoms with E-state index in [1.54, 1.807) is 26.7 Å². The smallest absolute Gasteiger partial charge is 0.408 e. The third-order valence-corrected chi connectivity index (χ3v) is 7.73. The third-order valence-electron chi connectivity index (χ3n) is 6.72. The summed E-state index contributed by atoms with van der Waals surface area (Å²) in [5.41, 5.74) is -0.617. The van der Waals surface area contributed by atoms with E-state index in [2.05, 4.69) is 27.9 Å². The summed E-state index contributed by atoms with van der Waals surface area (Å²) in [6.45, 7) is 6.09. The second-order valence-corrected chi connectivity index (χ2v) is 12.2. The lowest BCUT2D eigenvalue weighted by Gasteiger charge is -2.39. The average Bonchev–Trinajstić information content (AvgIpc) is 3.32. The fraction of sp³-hybridized carbons (Fsp3) is 0.692. The number of alkyl halides is 2. The van der Waals surface area contributed by atoms with Gasteiger partial charge in [0.15, 0.2) is 16.9 Å². The number of carbonyl (C=O) groups excluding carboxylic acids is 3. The topological polar surface area (TPSA) is 122 Å². The first kappa shape index (κ1) is 30.6. The summed E-state index contributed by atoms with van der Waals surface area (Å²) >= 11 is 1.12. The Morgan fingerprint density at radius 3 is 2.59 bits per heavy atom. The van der Waals surface area contributed by atoms with Crippen molar-refractivity contribution in [2.75, 3.05) is 32.1 Å². The van der Waals surface area contributed by atoms with Crippen molar-refractivity contribution in [3.63, 3.8) is 0 Å². The number of hydrogen-bond acceptors (Lipinski definition) is 10. The molecule has 1 amide bonds. The lowest BCUT2D eigenvalue weighted by Crippen LogP contribution is -2.53. The van der Waals surface area contributed by atoms with E-state index in [1.807, 2.05) is 5.94 Å². The van der Waals surface area contributed by atoms with E-state index in [0.717, 1.165) is 37.0 Å². The summed E-state index contributed by atoms with van der Waals surface area (Å²) in [6, 6.07) is -1.43. The van der Waals surface area contributed by atoms with Gasteiger partial charge < -0.3 is 30.3 Å². The molecule has 13 heteroatoms. The van der Waals surface area contributed by atoms with Crippen LogP contribution >= 0.6 is 11.3 Å². The van der Waals surface area contributed by atoms with Gasteiger partial charge in [-0.25, -0.2) is 28.1 Å². The van der Waals surface area contributed by atoms with Crippen LogP contribution in [0.15, 0.2) is 17.7 Å². The number of halogens is 2. The second kappa shape index (κ2) is 12.9. The van der Waals surface area contributed by atoms with Crippen LogP contribution in [0.1, 0.15) is 64.3 Å². The molecule has 216 valence electrons. The van der Waals surface area contributed by atoms with Crippen LogP contribution in [-0.4, -0.2) is 72.2 Å². The molecule has 2 heterocycles. The summed E-state index contributed by atoms with van der Waals surface area (Å²) in [5.74, 6) is 1.01. The van der Waals surface area contributed by atoms with Crippen LogP contribution in [0.25, 0.3) is 0 Å². The number of methoxy groups -OCH3 is 1. The van der Waals surface area contributed by atoms with Gasteiger partial charge in [-0.3, -0.25) is 0 Å². The molecule has 0 bridgehead atoms. The van der Waals surface area contributed by atoms with Crippen molar-refractivity contribution >= 4 is 34.4 Å². The molecule has 1 aliphatic heterocycles. The molecule has 0 radical (unpaired) electrons. The minimum Gasteiger partial charge on any atom is -0.444 e. The van der Waals surface area contributed by atoms with Gasteiger partial charge in [0.2, 0.25) is 0 Å². The highest BCUT2D eigenvalue weighted by Gasteiger charge is 2.41. The van der Waals surface area contributed by atoms with Crippen molar-refractivity contribution in [3.8, 4) is 0 Å². The first-order chi connectivity index (χ1) is 18.4. The lowest BCUT2D eigenvalue weighted by atomic mass is 9.78. The van der Waals surface area contributed by atoms with Gasteiger partial charge in [0.25, 0.3) is 5.92 Å². The van der Waals surface area contributed by atoms with Gasteiger partial charge in [0.05, 0.1) is 36.7 Å². The first-order valence-corrected chi connectivity index (χ1v) is 13.8. The maximum absolute atomic E-state index is 14.2. The number of amides is 1. The van der Waals surface area contributed by atoms with Gasteiger partial charge in [-0.05, 0) is 45.4 Å². The van der Waals surface area contributed by atoms with Gasteiger partial charge in [-0.1, -0.05) is 31.1 Å². The highest BCUT2D eigenvalue weighted by atomic mass is 32.1. The highest BCUT2D eigenvalue weighted by molar-refractivity contribution is 7.15. The average molecular weight is 570 g/mol. The summed E-state index contributed by atoms with van der Waals surface area (Å²) in [5, 5.41) is 8.56. The number of nitrogens with zero attached hydrogens (tertiary/aromatic N) is 2. The zero-order valence-electron chi connectivity index (χ0n) is 22.9. The number of carbonyl (C=O) groups is 1. The highest BCUT2D eigenvalue weighted by Crippen LogP contribution is 2.36. The van der Waals surface area contributed by atoms with Crippen molar-refractivity contribution in [1.29, 1.82) is 0 Å². The number of rotatable bonds is 9.